The monoisotopic (exact) mass is 146 g/mol. The zero-order valence-electron chi connectivity index (χ0n) is 4.24. The molecular formula is C5H6CrN2. The number of hydrogen-bond donors (Lipinski definition) is 1. The van der Waals surface area contributed by atoms with Gasteiger partial charge in [0.2, 0.25) is 0 Å². The molecule has 0 spiro atoms. The fourth-order valence-corrected chi connectivity index (χ4v) is 0.376. The van der Waals surface area contributed by atoms with Gasteiger partial charge in [-0.1, -0.05) is 6.07 Å². The van der Waals surface area contributed by atoms with Gasteiger partial charge in [0.1, 0.15) is 5.82 Å². The first-order valence-corrected chi connectivity index (χ1v) is 2.06. The number of pyridine rings is 1. The summed E-state index contributed by atoms with van der Waals surface area (Å²) >= 11 is 0. The van der Waals surface area contributed by atoms with Gasteiger partial charge in [-0.3, -0.25) is 0 Å². The Kier molecular flexibility index (Phi) is 3.26. The first-order valence-electron chi connectivity index (χ1n) is 2.06. The van der Waals surface area contributed by atoms with Crippen LogP contribution in [0.4, 0.5) is 5.82 Å². The third kappa shape index (κ3) is 1.97. The van der Waals surface area contributed by atoms with Gasteiger partial charge in [-0.25, -0.2) is 4.98 Å². The van der Waals surface area contributed by atoms with Gasteiger partial charge in [0, 0.05) is 23.6 Å². The average molecular weight is 146 g/mol. The summed E-state index contributed by atoms with van der Waals surface area (Å²) in [7, 11) is 0. The van der Waals surface area contributed by atoms with Gasteiger partial charge in [0.25, 0.3) is 0 Å². The first kappa shape index (κ1) is 7.48. The average Bonchev–Trinajstić information content (AvgIpc) is 1.69. The van der Waals surface area contributed by atoms with E-state index < -0.39 is 0 Å². The minimum Gasteiger partial charge on any atom is -0.384 e. The van der Waals surface area contributed by atoms with E-state index in [9.17, 15) is 0 Å². The molecule has 0 unspecified atom stereocenters. The second-order valence-electron chi connectivity index (χ2n) is 1.25. The predicted octanol–water partition coefficient (Wildman–Crippen LogP) is 0.661. The summed E-state index contributed by atoms with van der Waals surface area (Å²) in [5.41, 5.74) is 5.25. The van der Waals surface area contributed by atoms with Crippen molar-refractivity contribution in [3.05, 3.63) is 24.4 Å². The van der Waals surface area contributed by atoms with Gasteiger partial charge in [-0.15, -0.1) is 0 Å². The molecular weight excluding hydrogens is 140 g/mol. The molecule has 8 heavy (non-hydrogen) atoms. The maximum Gasteiger partial charge on any atom is 0.123 e. The Morgan fingerprint density at radius 2 is 2.12 bits per heavy atom. The molecule has 0 fully saturated rings. The largest absolute Gasteiger partial charge is 0.384 e. The molecule has 0 aliphatic heterocycles. The molecule has 0 aliphatic carbocycles. The van der Waals surface area contributed by atoms with E-state index >= 15 is 0 Å². The summed E-state index contributed by atoms with van der Waals surface area (Å²) in [6.45, 7) is 0. The van der Waals surface area contributed by atoms with Gasteiger partial charge in [0.15, 0.2) is 0 Å². The van der Waals surface area contributed by atoms with E-state index in [1.54, 1.807) is 12.3 Å². The fourth-order valence-electron chi connectivity index (χ4n) is 0.376. The van der Waals surface area contributed by atoms with Crippen LogP contribution in [0.5, 0.6) is 0 Å². The second-order valence-corrected chi connectivity index (χ2v) is 1.25. The Balaban J connectivity index is 0.000000490. The summed E-state index contributed by atoms with van der Waals surface area (Å²) in [5.74, 6) is 0.572. The van der Waals surface area contributed by atoms with Crippen LogP contribution in [0.1, 0.15) is 0 Å². The van der Waals surface area contributed by atoms with E-state index in [1.807, 2.05) is 12.1 Å². The topological polar surface area (TPSA) is 38.9 Å². The standard InChI is InChI=1S/C5H6N2.Cr/c6-5-3-1-2-4-7-5;/h1-4H,(H2,6,7);. The molecule has 1 aromatic rings. The van der Waals surface area contributed by atoms with Crippen LogP contribution >= 0.6 is 0 Å². The van der Waals surface area contributed by atoms with Crippen molar-refractivity contribution in [2.45, 2.75) is 0 Å². The number of nitrogens with two attached hydrogens (primary N) is 1. The molecule has 0 aromatic carbocycles. The van der Waals surface area contributed by atoms with Crippen molar-refractivity contribution in [2.24, 2.45) is 0 Å². The number of nitrogen functional groups attached to an aromatic ring is 1. The van der Waals surface area contributed by atoms with Crippen LogP contribution in [0.25, 0.3) is 0 Å². The van der Waals surface area contributed by atoms with Crippen LogP contribution in [0.2, 0.25) is 0 Å². The fraction of sp³-hybridized carbons (Fsp3) is 0. The molecule has 42 valence electrons. The molecule has 0 amide bonds. The zero-order valence-corrected chi connectivity index (χ0v) is 5.52. The summed E-state index contributed by atoms with van der Waals surface area (Å²) in [4.78, 5) is 3.76. The van der Waals surface area contributed by atoms with Crippen LogP contribution < -0.4 is 5.73 Å². The Hall–Kier alpha value is -0.518. The van der Waals surface area contributed by atoms with Crippen molar-refractivity contribution in [2.75, 3.05) is 5.73 Å². The van der Waals surface area contributed by atoms with Crippen LogP contribution in [0.3, 0.4) is 0 Å². The van der Waals surface area contributed by atoms with Gasteiger partial charge >= 0.3 is 0 Å². The molecule has 2 N–H and O–H groups in total. The molecule has 1 heterocycles. The molecule has 0 saturated carbocycles. The van der Waals surface area contributed by atoms with Crippen molar-refractivity contribution >= 4 is 5.82 Å². The smallest absolute Gasteiger partial charge is 0.123 e. The number of anilines is 1. The van der Waals surface area contributed by atoms with Crippen LogP contribution in [0, 0.1) is 0 Å². The molecule has 0 radical (unpaired) electrons. The summed E-state index contributed by atoms with van der Waals surface area (Å²) in [5, 5.41) is 0. The third-order valence-electron chi connectivity index (χ3n) is 0.688. The number of nitrogens with zero attached hydrogens (tertiary/aromatic N) is 1. The van der Waals surface area contributed by atoms with E-state index in [0.29, 0.717) is 5.82 Å². The maximum absolute atomic E-state index is 5.25. The van der Waals surface area contributed by atoms with E-state index in [-0.39, 0.29) is 17.4 Å². The number of rotatable bonds is 0. The van der Waals surface area contributed by atoms with Gasteiger partial charge < -0.3 is 5.73 Å². The predicted molar refractivity (Wildman–Crippen MR) is 28.6 cm³/mol. The Bertz CT molecular complexity index is 140. The van der Waals surface area contributed by atoms with Crippen molar-refractivity contribution in [1.29, 1.82) is 0 Å². The summed E-state index contributed by atoms with van der Waals surface area (Å²) in [6, 6.07) is 5.43. The zero-order chi connectivity index (χ0) is 5.11. The van der Waals surface area contributed by atoms with Crippen molar-refractivity contribution in [1.82, 2.24) is 4.98 Å². The molecule has 0 bridgehead atoms. The Labute approximate surface area is 58.9 Å². The quantitative estimate of drug-likeness (QED) is 0.584. The molecule has 0 atom stereocenters. The molecule has 1 aromatic heterocycles. The summed E-state index contributed by atoms with van der Waals surface area (Å²) < 4.78 is 0. The number of aromatic nitrogens is 1. The molecule has 2 nitrogen and oxygen atoms in total. The normalized spacial score (nSPS) is 7.50. The molecule has 0 saturated heterocycles. The van der Waals surface area contributed by atoms with E-state index in [1.165, 1.54) is 0 Å². The maximum atomic E-state index is 5.25. The Morgan fingerprint density at radius 3 is 2.38 bits per heavy atom. The van der Waals surface area contributed by atoms with E-state index in [0.717, 1.165) is 0 Å². The van der Waals surface area contributed by atoms with Crippen molar-refractivity contribution < 1.29 is 17.4 Å². The van der Waals surface area contributed by atoms with Gasteiger partial charge in [-0.2, -0.15) is 0 Å². The minimum atomic E-state index is 0. The third-order valence-corrected chi connectivity index (χ3v) is 0.688. The van der Waals surface area contributed by atoms with E-state index in [2.05, 4.69) is 4.98 Å². The SMILES string of the molecule is Nc1ccccn1.[Cr]. The van der Waals surface area contributed by atoms with Gasteiger partial charge in [-0.05, 0) is 12.1 Å². The second kappa shape index (κ2) is 3.48. The summed E-state index contributed by atoms with van der Waals surface area (Å²) in [6.07, 6.45) is 1.66. The molecule has 3 heteroatoms. The Morgan fingerprint density at radius 1 is 1.38 bits per heavy atom. The van der Waals surface area contributed by atoms with Crippen molar-refractivity contribution in [3.8, 4) is 0 Å². The van der Waals surface area contributed by atoms with Crippen molar-refractivity contribution in [3.63, 3.8) is 0 Å². The van der Waals surface area contributed by atoms with Gasteiger partial charge in [0.05, 0.1) is 0 Å². The molecule has 0 aliphatic rings. The first-order chi connectivity index (χ1) is 3.39. The van der Waals surface area contributed by atoms with Crippen LogP contribution in [-0.4, -0.2) is 4.98 Å². The van der Waals surface area contributed by atoms with E-state index in [4.69, 9.17) is 5.73 Å². The van der Waals surface area contributed by atoms with Crippen LogP contribution in [-0.2, 0) is 17.4 Å². The minimum absolute atomic E-state index is 0. The molecule has 1 rings (SSSR count). The van der Waals surface area contributed by atoms with Crippen LogP contribution in [0.15, 0.2) is 24.4 Å². The number of hydrogen-bond acceptors (Lipinski definition) is 2.